The highest BCUT2D eigenvalue weighted by Crippen LogP contribution is 2.36. The first-order chi connectivity index (χ1) is 10.2. The van der Waals surface area contributed by atoms with Crippen LogP contribution in [0, 0.1) is 0 Å². The van der Waals surface area contributed by atoms with Gasteiger partial charge < -0.3 is 20.1 Å². The summed E-state index contributed by atoms with van der Waals surface area (Å²) < 4.78 is 11.6. The Balaban J connectivity index is 1.81. The number of methoxy groups -OCH3 is 2. The molecule has 0 atom stereocenters. The van der Waals surface area contributed by atoms with E-state index in [1.54, 1.807) is 14.2 Å². The van der Waals surface area contributed by atoms with Crippen LogP contribution in [0.3, 0.4) is 0 Å². The van der Waals surface area contributed by atoms with Crippen LogP contribution >= 0.6 is 15.9 Å². The van der Waals surface area contributed by atoms with Crippen molar-refractivity contribution in [2.75, 3.05) is 53.5 Å². The summed E-state index contributed by atoms with van der Waals surface area (Å²) in [5.41, 5.74) is 1.18. The minimum Gasteiger partial charge on any atom is -0.493 e. The van der Waals surface area contributed by atoms with E-state index in [0.717, 1.165) is 61.8 Å². The Bertz CT molecular complexity index is 451. The third-order valence-electron chi connectivity index (χ3n) is 3.64. The number of nitrogens with zero attached hydrogens (tertiary/aromatic N) is 1. The summed E-state index contributed by atoms with van der Waals surface area (Å²) in [7, 11) is 3.31. The van der Waals surface area contributed by atoms with Crippen LogP contribution in [0.15, 0.2) is 16.6 Å². The van der Waals surface area contributed by atoms with Gasteiger partial charge in [-0.15, -0.1) is 0 Å². The molecule has 0 saturated carbocycles. The average Bonchev–Trinajstić information content (AvgIpc) is 2.52. The zero-order chi connectivity index (χ0) is 15.1. The van der Waals surface area contributed by atoms with Crippen LogP contribution in [0.25, 0.3) is 0 Å². The highest BCUT2D eigenvalue weighted by atomic mass is 79.9. The predicted molar refractivity (Wildman–Crippen MR) is 88.3 cm³/mol. The molecule has 2 N–H and O–H groups in total. The molecule has 0 radical (unpaired) electrons. The van der Waals surface area contributed by atoms with Gasteiger partial charge in [0.25, 0.3) is 0 Å². The smallest absolute Gasteiger partial charge is 0.174 e. The van der Waals surface area contributed by atoms with E-state index in [9.17, 15) is 0 Å². The fourth-order valence-corrected chi connectivity index (χ4v) is 3.13. The summed E-state index contributed by atoms with van der Waals surface area (Å²) in [6.07, 6.45) is 0. The van der Waals surface area contributed by atoms with Gasteiger partial charge in [-0.1, -0.05) is 0 Å². The van der Waals surface area contributed by atoms with Crippen LogP contribution in [-0.2, 0) is 6.54 Å². The van der Waals surface area contributed by atoms with Crippen molar-refractivity contribution >= 4 is 15.9 Å². The van der Waals surface area contributed by atoms with E-state index in [1.807, 2.05) is 6.07 Å². The molecule has 21 heavy (non-hydrogen) atoms. The topological polar surface area (TPSA) is 45.8 Å². The number of nitrogens with one attached hydrogen (secondary N) is 2. The van der Waals surface area contributed by atoms with Crippen LogP contribution in [-0.4, -0.2) is 58.4 Å². The summed E-state index contributed by atoms with van der Waals surface area (Å²) >= 11 is 3.52. The number of rotatable bonds is 7. The maximum atomic E-state index is 5.36. The van der Waals surface area contributed by atoms with Crippen LogP contribution in [0.4, 0.5) is 0 Å². The Morgan fingerprint density at radius 1 is 1.24 bits per heavy atom. The molecule has 2 rings (SSSR count). The van der Waals surface area contributed by atoms with E-state index >= 15 is 0 Å². The zero-order valence-electron chi connectivity index (χ0n) is 12.7. The Morgan fingerprint density at radius 2 is 2.00 bits per heavy atom. The molecule has 0 unspecified atom stereocenters. The van der Waals surface area contributed by atoms with E-state index in [1.165, 1.54) is 5.56 Å². The molecule has 0 aliphatic carbocycles. The number of ether oxygens (including phenoxy) is 2. The monoisotopic (exact) mass is 357 g/mol. The van der Waals surface area contributed by atoms with Gasteiger partial charge in [-0.05, 0) is 33.6 Å². The molecular weight excluding hydrogens is 334 g/mol. The Morgan fingerprint density at radius 3 is 2.67 bits per heavy atom. The van der Waals surface area contributed by atoms with Crippen molar-refractivity contribution < 1.29 is 9.47 Å². The summed E-state index contributed by atoms with van der Waals surface area (Å²) in [6, 6.07) is 4.08. The Kier molecular flexibility index (Phi) is 6.76. The van der Waals surface area contributed by atoms with Crippen molar-refractivity contribution in [3.8, 4) is 11.5 Å². The first-order valence-corrected chi connectivity index (χ1v) is 8.08. The lowest BCUT2D eigenvalue weighted by Gasteiger charge is -2.27. The third-order valence-corrected chi connectivity index (χ3v) is 4.23. The lowest BCUT2D eigenvalue weighted by atomic mass is 10.2. The van der Waals surface area contributed by atoms with Gasteiger partial charge in [-0.2, -0.15) is 0 Å². The van der Waals surface area contributed by atoms with E-state index in [0.29, 0.717) is 0 Å². The number of halogens is 1. The highest BCUT2D eigenvalue weighted by molar-refractivity contribution is 9.10. The minimum absolute atomic E-state index is 0.738. The van der Waals surface area contributed by atoms with Gasteiger partial charge >= 0.3 is 0 Å². The van der Waals surface area contributed by atoms with Crippen LogP contribution in [0.5, 0.6) is 11.5 Å². The molecule has 1 aliphatic rings. The van der Waals surface area contributed by atoms with Crippen molar-refractivity contribution in [1.82, 2.24) is 15.5 Å². The summed E-state index contributed by atoms with van der Waals surface area (Å²) in [5.74, 6) is 1.49. The Hall–Kier alpha value is -0.820. The summed E-state index contributed by atoms with van der Waals surface area (Å²) in [4.78, 5) is 2.48. The maximum absolute atomic E-state index is 5.36. The molecule has 1 saturated heterocycles. The van der Waals surface area contributed by atoms with E-state index in [4.69, 9.17) is 9.47 Å². The lowest BCUT2D eigenvalue weighted by Crippen LogP contribution is -2.45. The predicted octanol–water partition coefficient (Wildman–Crippen LogP) is 1.46. The maximum Gasteiger partial charge on any atom is 0.174 e. The summed E-state index contributed by atoms with van der Waals surface area (Å²) in [6.45, 7) is 7.39. The minimum atomic E-state index is 0.738. The SMILES string of the molecule is COc1cc(CNCCN2CCNCC2)cc(Br)c1OC. The number of benzene rings is 1. The molecule has 5 nitrogen and oxygen atoms in total. The van der Waals surface area contributed by atoms with Crippen LogP contribution < -0.4 is 20.1 Å². The molecule has 0 spiro atoms. The van der Waals surface area contributed by atoms with Gasteiger partial charge in [-0.3, -0.25) is 4.90 Å². The van der Waals surface area contributed by atoms with Gasteiger partial charge in [-0.25, -0.2) is 0 Å². The second-order valence-electron chi connectivity index (χ2n) is 5.08. The standard InChI is InChI=1S/C15H24BrN3O2/c1-20-14-10-12(9-13(16)15(14)21-2)11-18-5-8-19-6-3-17-4-7-19/h9-10,17-18H,3-8,11H2,1-2H3. The lowest BCUT2D eigenvalue weighted by molar-refractivity contribution is 0.241. The molecule has 1 aliphatic heterocycles. The molecule has 118 valence electrons. The van der Waals surface area contributed by atoms with Gasteiger partial charge in [0.15, 0.2) is 11.5 Å². The first-order valence-electron chi connectivity index (χ1n) is 7.28. The van der Waals surface area contributed by atoms with Gasteiger partial charge in [0.2, 0.25) is 0 Å². The first kappa shape index (κ1) is 16.5. The largest absolute Gasteiger partial charge is 0.493 e. The Labute approximate surface area is 135 Å². The molecule has 0 amide bonds. The third kappa shape index (κ3) is 4.85. The summed E-state index contributed by atoms with van der Waals surface area (Å²) in [5, 5.41) is 6.85. The van der Waals surface area contributed by atoms with Crippen molar-refractivity contribution in [3.63, 3.8) is 0 Å². The second-order valence-corrected chi connectivity index (χ2v) is 5.94. The van der Waals surface area contributed by atoms with E-state index in [2.05, 4.69) is 37.5 Å². The number of hydrogen-bond donors (Lipinski definition) is 2. The van der Waals surface area contributed by atoms with Crippen LogP contribution in [0.1, 0.15) is 5.56 Å². The van der Waals surface area contributed by atoms with E-state index in [-0.39, 0.29) is 0 Å². The molecule has 1 fully saturated rings. The quantitative estimate of drug-likeness (QED) is 0.723. The molecule has 6 heteroatoms. The fourth-order valence-electron chi connectivity index (χ4n) is 2.48. The van der Waals surface area contributed by atoms with Crippen LogP contribution in [0.2, 0.25) is 0 Å². The molecule has 0 bridgehead atoms. The molecule has 1 aromatic carbocycles. The zero-order valence-corrected chi connectivity index (χ0v) is 14.3. The van der Waals surface area contributed by atoms with Gasteiger partial charge in [0, 0.05) is 45.8 Å². The average molecular weight is 358 g/mol. The van der Waals surface area contributed by atoms with Gasteiger partial charge in [0.05, 0.1) is 18.7 Å². The van der Waals surface area contributed by atoms with Crippen molar-refractivity contribution in [1.29, 1.82) is 0 Å². The van der Waals surface area contributed by atoms with Crippen molar-refractivity contribution in [2.45, 2.75) is 6.54 Å². The highest BCUT2D eigenvalue weighted by Gasteiger charge is 2.11. The van der Waals surface area contributed by atoms with Crippen molar-refractivity contribution in [2.24, 2.45) is 0 Å². The second kappa shape index (κ2) is 8.58. The molecule has 1 heterocycles. The molecule has 1 aromatic rings. The molecule has 0 aromatic heterocycles. The van der Waals surface area contributed by atoms with Crippen molar-refractivity contribution in [3.05, 3.63) is 22.2 Å². The molecular formula is C15H24BrN3O2. The van der Waals surface area contributed by atoms with Gasteiger partial charge in [0.1, 0.15) is 0 Å². The number of piperazine rings is 1. The number of hydrogen-bond acceptors (Lipinski definition) is 5. The fraction of sp³-hybridized carbons (Fsp3) is 0.600. The van der Waals surface area contributed by atoms with E-state index < -0.39 is 0 Å². The normalized spacial score (nSPS) is 16.0.